The second kappa shape index (κ2) is 6.74. The van der Waals surface area contributed by atoms with Crippen molar-refractivity contribution in [2.24, 2.45) is 10.7 Å². The fourth-order valence-corrected chi connectivity index (χ4v) is 4.38. The van der Waals surface area contributed by atoms with Crippen LogP contribution in [-0.4, -0.2) is 31.8 Å². The zero-order valence-electron chi connectivity index (χ0n) is 15.3. The fraction of sp³-hybridized carbons (Fsp3) is 0.381. The largest absolute Gasteiger partial charge is 0.383 e. The molecule has 4 rings (SSSR count). The van der Waals surface area contributed by atoms with Crippen molar-refractivity contribution in [1.82, 2.24) is 10.6 Å². The monoisotopic (exact) mass is 349 g/mol. The topological polar surface area (TPSA) is 74.5 Å². The Morgan fingerprint density at radius 2 is 1.73 bits per heavy atom. The lowest BCUT2D eigenvalue weighted by atomic mass is 9.69. The van der Waals surface area contributed by atoms with Gasteiger partial charge in [0.25, 0.3) is 0 Å². The summed E-state index contributed by atoms with van der Waals surface area (Å²) in [5, 5.41) is 10.6. The second-order valence-corrected chi connectivity index (χ2v) is 7.35. The summed E-state index contributed by atoms with van der Waals surface area (Å²) < 4.78 is 0. The molecule has 0 bridgehead atoms. The summed E-state index contributed by atoms with van der Waals surface area (Å²) in [6, 6.07) is 18.9. The summed E-state index contributed by atoms with van der Waals surface area (Å²) in [5.74, 6) is -0.0168. The maximum absolute atomic E-state index is 6.34. The molecular formula is C21H27N5. The van der Waals surface area contributed by atoms with Gasteiger partial charge in [-0.05, 0) is 50.7 Å². The zero-order valence-corrected chi connectivity index (χ0v) is 15.3. The Labute approximate surface area is 155 Å². The Bertz CT molecular complexity index is 795. The van der Waals surface area contributed by atoms with Crippen LogP contribution in [-0.2, 0) is 5.41 Å². The SMILES string of the molecule is CNC1(CC2(c3ccccc3)CCNCC2)N=C(N)c2ccccc2N1. The van der Waals surface area contributed by atoms with Crippen molar-refractivity contribution >= 4 is 11.5 Å². The first-order valence-electron chi connectivity index (χ1n) is 9.35. The van der Waals surface area contributed by atoms with Crippen LogP contribution in [0.25, 0.3) is 0 Å². The van der Waals surface area contributed by atoms with Crippen LogP contribution in [0.4, 0.5) is 5.69 Å². The molecule has 136 valence electrons. The molecule has 5 heteroatoms. The van der Waals surface area contributed by atoms with Gasteiger partial charge in [0, 0.05) is 23.1 Å². The number of nitrogens with one attached hydrogen (secondary N) is 3. The minimum absolute atomic E-state index is 0.0542. The van der Waals surface area contributed by atoms with Crippen LogP contribution in [0.15, 0.2) is 59.6 Å². The summed E-state index contributed by atoms with van der Waals surface area (Å²) in [5.41, 5.74) is 9.78. The first kappa shape index (κ1) is 17.1. The van der Waals surface area contributed by atoms with Gasteiger partial charge >= 0.3 is 0 Å². The number of rotatable bonds is 4. The number of hydrogen-bond donors (Lipinski definition) is 4. The molecule has 0 aliphatic carbocycles. The molecule has 2 aromatic carbocycles. The third-order valence-electron chi connectivity index (χ3n) is 5.81. The number of para-hydroxylation sites is 1. The third-order valence-corrected chi connectivity index (χ3v) is 5.81. The number of piperidine rings is 1. The van der Waals surface area contributed by atoms with Gasteiger partial charge in [-0.2, -0.15) is 0 Å². The molecule has 0 amide bonds. The fourth-order valence-electron chi connectivity index (χ4n) is 4.38. The molecule has 1 saturated heterocycles. The number of amidine groups is 1. The van der Waals surface area contributed by atoms with E-state index in [1.807, 2.05) is 25.2 Å². The quantitative estimate of drug-likeness (QED) is 0.684. The maximum Gasteiger partial charge on any atom is 0.187 e. The summed E-state index contributed by atoms with van der Waals surface area (Å²) in [6.07, 6.45) is 3.01. The van der Waals surface area contributed by atoms with Gasteiger partial charge in [0.2, 0.25) is 0 Å². The van der Waals surface area contributed by atoms with Crippen molar-refractivity contribution in [1.29, 1.82) is 0 Å². The van der Waals surface area contributed by atoms with Gasteiger partial charge in [0.05, 0.1) is 0 Å². The third kappa shape index (κ3) is 2.97. The van der Waals surface area contributed by atoms with E-state index in [9.17, 15) is 0 Å². The van der Waals surface area contributed by atoms with Gasteiger partial charge < -0.3 is 16.4 Å². The number of benzene rings is 2. The molecular weight excluding hydrogens is 322 g/mol. The molecule has 2 aliphatic heterocycles. The Hall–Kier alpha value is -2.37. The van der Waals surface area contributed by atoms with Crippen molar-refractivity contribution in [3.05, 3.63) is 65.7 Å². The molecule has 1 fully saturated rings. The van der Waals surface area contributed by atoms with E-state index in [4.69, 9.17) is 10.7 Å². The van der Waals surface area contributed by atoms with Crippen LogP contribution in [0.1, 0.15) is 30.4 Å². The predicted molar refractivity (Wildman–Crippen MR) is 107 cm³/mol. The Kier molecular flexibility index (Phi) is 4.42. The standard InChI is InChI=1S/C21H27N5/c1-23-21(25-18-10-6-5-9-17(18)19(22)26-21)15-20(11-13-24-14-12-20)16-7-3-2-4-8-16/h2-10,23-25H,11-15H2,1H3,(H2,22,26). The van der Waals surface area contributed by atoms with Gasteiger partial charge in [-0.3, -0.25) is 5.32 Å². The van der Waals surface area contributed by atoms with E-state index in [-0.39, 0.29) is 5.41 Å². The van der Waals surface area contributed by atoms with E-state index in [1.54, 1.807) is 0 Å². The first-order valence-corrected chi connectivity index (χ1v) is 9.35. The van der Waals surface area contributed by atoms with Crippen molar-refractivity contribution in [2.45, 2.75) is 30.5 Å². The van der Waals surface area contributed by atoms with Crippen molar-refractivity contribution in [3.8, 4) is 0 Å². The van der Waals surface area contributed by atoms with Crippen molar-refractivity contribution in [3.63, 3.8) is 0 Å². The van der Waals surface area contributed by atoms with Gasteiger partial charge in [0.1, 0.15) is 5.84 Å². The number of nitrogens with two attached hydrogens (primary N) is 1. The van der Waals surface area contributed by atoms with Gasteiger partial charge in [-0.25, -0.2) is 4.99 Å². The highest BCUT2D eigenvalue weighted by atomic mass is 15.3. The summed E-state index contributed by atoms with van der Waals surface area (Å²) in [6.45, 7) is 2.04. The van der Waals surface area contributed by atoms with Crippen LogP contribution in [0.3, 0.4) is 0 Å². The number of aliphatic imine (C=N–C) groups is 1. The number of hydrogen-bond acceptors (Lipinski definition) is 5. The molecule has 1 atom stereocenters. The molecule has 0 aromatic heterocycles. The molecule has 2 aliphatic rings. The van der Waals surface area contributed by atoms with Gasteiger partial charge in [-0.15, -0.1) is 0 Å². The summed E-state index contributed by atoms with van der Waals surface area (Å²) in [7, 11) is 1.96. The predicted octanol–water partition coefficient (Wildman–Crippen LogP) is 2.40. The molecule has 0 radical (unpaired) electrons. The van der Waals surface area contributed by atoms with E-state index < -0.39 is 5.79 Å². The molecule has 1 unspecified atom stereocenters. The van der Waals surface area contributed by atoms with Gasteiger partial charge in [-0.1, -0.05) is 42.5 Å². The second-order valence-electron chi connectivity index (χ2n) is 7.35. The van der Waals surface area contributed by atoms with Gasteiger partial charge in [0.15, 0.2) is 5.79 Å². The lowest BCUT2D eigenvalue weighted by molar-refractivity contribution is 0.216. The smallest absolute Gasteiger partial charge is 0.187 e. The minimum Gasteiger partial charge on any atom is -0.383 e. The highest BCUT2D eigenvalue weighted by Crippen LogP contribution is 2.42. The highest BCUT2D eigenvalue weighted by Gasteiger charge is 2.44. The normalized spacial score (nSPS) is 24.3. The van der Waals surface area contributed by atoms with Crippen LogP contribution < -0.4 is 21.7 Å². The molecule has 2 heterocycles. The van der Waals surface area contributed by atoms with E-state index >= 15 is 0 Å². The van der Waals surface area contributed by atoms with E-state index in [1.165, 1.54) is 5.56 Å². The Balaban J connectivity index is 1.74. The lowest BCUT2D eigenvalue weighted by Gasteiger charge is -2.46. The van der Waals surface area contributed by atoms with Crippen LogP contribution in [0.5, 0.6) is 0 Å². The molecule has 0 spiro atoms. The zero-order chi connectivity index (χ0) is 18.0. The van der Waals surface area contributed by atoms with Crippen molar-refractivity contribution in [2.75, 3.05) is 25.5 Å². The summed E-state index contributed by atoms with van der Waals surface area (Å²) in [4.78, 5) is 4.89. The van der Waals surface area contributed by atoms with E-state index in [0.717, 1.165) is 43.6 Å². The Morgan fingerprint density at radius 3 is 2.46 bits per heavy atom. The average molecular weight is 349 g/mol. The number of nitrogens with zero attached hydrogens (tertiary/aromatic N) is 1. The average Bonchev–Trinajstić information content (AvgIpc) is 2.69. The van der Waals surface area contributed by atoms with E-state index in [2.05, 4.69) is 52.3 Å². The first-order chi connectivity index (χ1) is 12.7. The maximum atomic E-state index is 6.34. The van der Waals surface area contributed by atoms with Crippen LogP contribution in [0, 0.1) is 0 Å². The van der Waals surface area contributed by atoms with Crippen LogP contribution >= 0.6 is 0 Å². The molecule has 26 heavy (non-hydrogen) atoms. The molecule has 2 aromatic rings. The van der Waals surface area contributed by atoms with Crippen LogP contribution in [0.2, 0.25) is 0 Å². The molecule has 5 N–H and O–H groups in total. The molecule has 5 nitrogen and oxygen atoms in total. The summed E-state index contributed by atoms with van der Waals surface area (Å²) >= 11 is 0. The van der Waals surface area contributed by atoms with E-state index in [0.29, 0.717) is 5.84 Å². The minimum atomic E-state index is -0.606. The molecule has 0 saturated carbocycles. The lowest BCUT2D eigenvalue weighted by Crippen LogP contribution is -2.57. The van der Waals surface area contributed by atoms with Crippen molar-refractivity contribution < 1.29 is 0 Å². The number of anilines is 1. The number of fused-ring (bicyclic) bond motifs is 1. The highest BCUT2D eigenvalue weighted by molar-refractivity contribution is 6.04. The Morgan fingerprint density at radius 1 is 1.04 bits per heavy atom.